The third-order valence-corrected chi connectivity index (χ3v) is 5.68. The average Bonchev–Trinajstić information content (AvgIpc) is 2.88. The van der Waals surface area contributed by atoms with E-state index >= 15 is 0 Å². The Morgan fingerprint density at radius 3 is 2.67 bits per heavy atom. The summed E-state index contributed by atoms with van der Waals surface area (Å²) in [6.07, 6.45) is 1.80. The number of likely N-dealkylation sites (N-methyl/N-ethyl adjacent to an activating group) is 1. The zero-order chi connectivity index (χ0) is 19.4. The fourth-order valence-electron chi connectivity index (χ4n) is 2.29. The number of carbonyl (C=O) groups excluding carboxylic acids is 1. The number of thioether (sulfide) groups is 1. The zero-order valence-corrected chi connectivity index (χ0v) is 17.4. The summed E-state index contributed by atoms with van der Waals surface area (Å²) in [4.78, 5) is 14.1. The van der Waals surface area contributed by atoms with Crippen LogP contribution in [0.25, 0.3) is 6.08 Å². The molecule has 0 spiro atoms. The smallest absolute Gasteiger partial charge is 0.265 e. The number of nitrogens with zero attached hydrogens (tertiary/aromatic N) is 1. The van der Waals surface area contributed by atoms with E-state index in [-0.39, 0.29) is 5.91 Å². The van der Waals surface area contributed by atoms with Crippen molar-refractivity contribution in [2.24, 2.45) is 0 Å². The Morgan fingerprint density at radius 1 is 1.15 bits per heavy atom. The molecule has 0 bridgehead atoms. The highest BCUT2D eigenvalue weighted by Gasteiger charge is 2.28. The van der Waals surface area contributed by atoms with Crippen LogP contribution in [0.2, 0.25) is 10.0 Å². The molecule has 1 fully saturated rings. The first-order valence-electron chi connectivity index (χ1n) is 7.96. The molecule has 0 unspecified atom stereocenters. The summed E-state index contributed by atoms with van der Waals surface area (Å²) < 4.78 is 11.9. The predicted octanol–water partition coefficient (Wildman–Crippen LogP) is 5.28. The number of ether oxygens (including phenoxy) is 2. The minimum Gasteiger partial charge on any atom is -0.490 e. The van der Waals surface area contributed by atoms with E-state index < -0.39 is 0 Å². The molecule has 0 aromatic heterocycles. The molecule has 27 heavy (non-hydrogen) atoms. The van der Waals surface area contributed by atoms with E-state index in [1.54, 1.807) is 31.3 Å². The van der Waals surface area contributed by atoms with Gasteiger partial charge in [-0.25, -0.2) is 0 Å². The van der Waals surface area contributed by atoms with E-state index in [2.05, 4.69) is 0 Å². The highest BCUT2D eigenvalue weighted by Crippen LogP contribution is 2.32. The summed E-state index contributed by atoms with van der Waals surface area (Å²) in [7, 11) is 1.67. The van der Waals surface area contributed by atoms with Crippen molar-refractivity contribution in [2.75, 3.05) is 20.3 Å². The number of halogens is 2. The fourth-order valence-corrected chi connectivity index (χ4v) is 3.80. The number of thiocarbonyl (C=S) groups is 1. The van der Waals surface area contributed by atoms with Crippen LogP contribution in [0.1, 0.15) is 5.56 Å². The summed E-state index contributed by atoms with van der Waals surface area (Å²) in [6, 6.07) is 12.5. The molecule has 0 radical (unpaired) electrons. The van der Waals surface area contributed by atoms with E-state index in [1.165, 1.54) is 16.7 Å². The van der Waals surface area contributed by atoms with Crippen LogP contribution in [0.3, 0.4) is 0 Å². The van der Waals surface area contributed by atoms with Gasteiger partial charge in [0.05, 0.1) is 9.93 Å². The molecule has 0 atom stereocenters. The first kappa shape index (κ1) is 20.0. The Morgan fingerprint density at radius 2 is 1.93 bits per heavy atom. The second-order valence-corrected chi connectivity index (χ2v) is 8.10. The number of carbonyl (C=O) groups is 1. The molecule has 140 valence electrons. The lowest BCUT2D eigenvalue weighted by molar-refractivity contribution is -0.121. The highest BCUT2D eigenvalue weighted by atomic mass is 35.5. The number of rotatable bonds is 6. The summed E-state index contributed by atoms with van der Waals surface area (Å²) in [5.41, 5.74) is 0.861. The molecular weight excluding hydrogens is 425 g/mol. The zero-order valence-electron chi connectivity index (χ0n) is 14.3. The van der Waals surface area contributed by atoms with Gasteiger partial charge in [0.25, 0.3) is 5.91 Å². The molecule has 0 aliphatic carbocycles. The van der Waals surface area contributed by atoms with Crippen LogP contribution in [-0.2, 0) is 4.79 Å². The molecule has 2 aromatic rings. The van der Waals surface area contributed by atoms with Crippen LogP contribution in [-0.4, -0.2) is 35.4 Å². The van der Waals surface area contributed by atoms with Gasteiger partial charge in [0.2, 0.25) is 0 Å². The van der Waals surface area contributed by atoms with Crippen molar-refractivity contribution in [1.82, 2.24) is 4.90 Å². The summed E-state index contributed by atoms with van der Waals surface area (Å²) in [5, 5.41) is 1.05. The monoisotopic (exact) mass is 439 g/mol. The van der Waals surface area contributed by atoms with Gasteiger partial charge in [0.15, 0.2) is 0 Å². The minimum atomic E-state index is -0.0943. The van der Waals surface area contributed by atoms with Crippen LogP contribution in [0.15, 0.2) is 47.4 Å². The van der Waals surface area contributed by atoms with E-state index in [4.69, 9.17) is 44.9 Å². The van der Waals surface area contributed by atoms with Crippen molar-refractivity contribution >= 4 is 63.5 Å². The fraction of sp³-hybridized carbons (Fsp3) is 0.158. The van der Waals surface area contributed by atoms with Crippen LogP contribution in [0, 0.1) is 0 Å². The Bertz CT molecular complexity index is 918. The van der Waals surface area contributed by atoms with Gasteiger partial charge >= 0.3 is 0 Å². The van der Waals surface area contributed by atoms with Gasteiger partial charge < -0.3 is 9.47 Å². The quantitative estimate of drug-likeness (QED) is 0.347. The molecule has 0 saturated carbocycles. The van der Waals surface area contributed by atoms with E-state index in [1.807, 2.05) is 24.3 Å². The first-order chi connectivity index (χ1) is 12.9. The van der Waals surface area contributed by atoms with Crippen molar-refractivity contribution in [3.05, 3.63) is 63.0 Å². The minimum absolute atomic E-state index is 0.0943. The second-order valence-electron chi connectivity index (χ2n) is 5.58. The molecule has 1 amide bonds. The van der Waals surface area contributed by atoms with Gasteiger partial charge in [-0.1, -0.05) is 59.3 Å². The number of hydrogen-bond donors (Lipinski definition) is 0. The van der Waals surface area contributed by atoms with Crippen molar-refractivity contribution in [3.8, 4) is 11.5 Å². The van der Waals surface area contributed by atoms with Crippen molar-refractivity contribution in [3.63, 3.8) is 0 Å². The summed E-state index contributed by atoms with van der Waals surface area (Å²) in [6.45, 7) is 0.655. The maximum absolute atomic E-state index is 12.1. The van der Waals surface area contributed by atoms with Crippen LogP contribution < -0.4 is 9.47 Å². The largest absolute Gasteiger partial charge is 0.490 e. The standard InChI is InChI=1S/C19H15Cl2NO3S2/c1-22-18(23)17(27-19(22)26)10-12-3-2-4-14(9-12)24-7-8-25-16-11-13(20)5-6-15(16)21/h2-6,9-11H,7-8H2,1H3. The lowest BCUT2D eigenvalue weighted by Crippen LogP contribution is -2.22. The van der Waals surface area contributed by atoms with Gasteiger partial charge in [-0.05, 0) is 35.9 Å². The van der Waals surface area contributed by atoms with Crippen LogP contribution >= 0.6 is 47.2 Å². The van der Waals surface area contributed by atoms with Gasteiger partial charge in [0.1, 0.15) is 29.0 Å². The molecule has 8 heteroatoms. The highest BCUT2D eigenvalue weighted by molar-refractivity contribution is 8.26. The Hall–Kier alpha value is -1.73. The number of benzene rings is 2. The third kappa shape index (κ3) is 5.17. The Kier molecular flexibility index (Phi) is 6.65. The first-order valence-corrected chi connectivity index (χ1v) is 9.94. The summed E-state index contributed by atoms with van der Waals surface area (Å²) >= 11 is 18.4. The normalized spacial score (nSPS) is 15.5. The maximum Gasteiger partial charge on any atom is 0.265 e. The van der Waals surface area contributed by atoms with Crippen LogP contribution in [0.5, 0.6) is 11.5 Å². The summed E-state index contributed by atoms with van der Waals surface area (Å²) in [5.74, 6) is 1.10. The van der Waals surface area contributed by atoms with Gasteiger partial charge in [-0.3, -0.25) is 9.69 Å². The molecular formula is C19H15Cl2NO3S2. The van der Waals surface area contributed by atoms with E-state index in [0.717, 1.165) is 5.56 Å². The van der Waals surface area contributed by atoms with Crippen LogP contribution in [0.4, 0.5) is 0 Å². The molecule has 1 aliphatic heterocycles. The molecule has 4 nitrogen and oxygen atoms in total. The third-order valence-electron chi connectivity index (χ3n) is 3.65. The van der Waals surface area contributed by atoms with Gasteiger partial charge in [-0.2, -0.15) is 0 Å². The van der Waals surface area contributed by atoms with Crippen molar-refractivity contribution < 1.29 is 14.3 Å². The molecule has 0 N–H and O–H groups in total. The SMILES string of the molecule is CN1C(=O)C(=Cc2cccc(OCCOc3cc(Cl)ccc3Cl)c2)SC1=S. The average molecular weight is 440 g/mol. The van der Waals surface area contributed by atoms with E-state index in [9.17, 15) is 4.79 Å². The van der Waals surface area contributed by atoms with Crippen molar-refractivity contribution in [1.29, 1.82) is 0 Å². The topological polar surface area (TPSA) is 38.8 Å². The Labute approximate surface area is 177 Å². The molecule has 1 aliphatic rings. The molecule has 2 aromatic carbocycles. The maximum atomic E-state index is 12.1. The molecule has 3 rings (SSSR count). The van der Waals surface area contributed by atoms with E-state index in [0.29, 0.717) is 44.0 Å². The Balaban J connectivity index is 1.57. The van der Waals surface area contributed by atoms with Crippen molar-refractivity contribution in [2.45, 2.75) is 0 Å². The number of amides is 1. The predicted molar refractivity (Wildman–Crippen MR) is 115 cm³/mol. The molecule has 1 heterocycles. The molecule has 1 saturated heterocycles. The lowest BCUT2D eigenvalue weighted by Gasteiger charge is -2.10. The number of hydrogen-bond acceptors (Lipinski definition) is 5. The lowest BCUT2D eigenvalue weighted by atomic mass is 10.2. The second kappa shape index (κ2) is 8.97. The van der Waals surface area contributed by atoms with Gasteiger partial charge in [0, 0.05) is 18.1 Å². The van der Waals surface area contributed by atoms with Gasteiger partial charge in [-0.15, -0.1) is 0 Å².